The van der Waals surface area contributed by atoms with E-state index in [0.717, 1.165) is 18.4 Å². The number of ether oxygens (including phenoxy) is 1. The van der Waals surface area contributed by atoms with Crippen LogP contribution in [0, 0.1) is 0 Å². The van der Waals surface area contributed by atoms with E-state index in [9.17, 15) is 13.2 Å². The van der Waals surface area contributed by atoms with Crippen LogP contribution >= 0.6 is 15.9 Å². The predicted octanol–water partition coefficient (Wildman–Crippen LogP) is 4.03. The van der Waals surface area contributed by atoms with Gasteiger partial charge in [-0.2, -0.15) is 13.2 Å². The molecule has 19 heavy (non-hydrogen) atoms. The highest BCUT2D eigenvalue weighted by Gasteiger charge is 2.27. The van der Waals surface area contributed by atoms with Crippen LogP contribution in [0.5, 0.6) is 5.75 Å². The lowest BCUT2D eigenvalue weighted by molar-refractivity contribution is -0.139. The number of hydrogen-bond donors (Lipinski definition) is 1. The second-order valence-electron chi connectivity index (χ2n) is 4.60. The second kappa shape index (κ2) is 6.13. The third-order valence-corrected chi connectivity index (χ3v) is 3.46. The van der Waals surface area contributed by atoms with Gasteiger partial charge in [-0.3, -0.25) is 0 Å². The van der Waals surface area contributed by atoms with Crippen molar-refractivity contribution in [2.45, 2.75) is 38.0 Å². The summed E-state index contributed by atoms with van der Waals surface area (Å²) in [6.45, 7) is 0.258. The SMILES string of the molecule is FC(F)(F)CCOc1c(Br)cccc1CNC1CC1. The Morgan fingerprint density at radius 3 is 2.68 bits per heavy atom. The van der Waals surface area contributed by atoms with E-state index < -0.39 is 12.6 Å². The molecule has 0 aromatic heterocycles. The Hall–Kier alpha value is -0.750. The fourth-order valence-corrected chi connectivity index (χ4v) is 2.19. The van der Waals surface area contributed by atoms with Crippen molar-refractivity contribution in [2.24, 2.45) is 0 Å². The Morgan fingerprint density at radius 1 is 1.32 bits per heavy atom. The summed E-state index contributed by atoms with van der Waals surface area (Å²) in [7, 11) is 0. The van der Waals surface area contributed by atoms with Gasteiger partial charge in [-0.1, -0.05) is 12.1 Å². The molecule has 0 bridgehead atoms. The summed E-state index contributed by atoms with van der Waals surface area (Å²) in [6, 6.07) is 6.03. The lowest BCUT2D eigenvalue weighted by atomic mass is 10.2. The van der Waals surface area contributed by atoms with Crippen LogP contribution in [0.25, 0.3) is 0 Å². The molecular formula is C13H15BrF3NO. The average Bonchev–Trinajstić information content (AvgIpc) is 3.11. The molecule has 2 nitrogen and oxygen atoms in total. The summed E-state index contributed by atoms with van der Waals surface area (Å²) < 4.78 is 42.3. The molecule has 1 aliphatic carbocycles. The number of para-hydroxylation sites is 1. The van der Waals surface area contributed by atoms with Crippen molar-refractivity contribution in [3.8, 4) is 5.75 Å². The molecule has 1 saturated carbocycles. The normalized spacial score (nSPS) is 15.6. The zero-order chi connectivity index (χ0) is 13.9. The van der Waals surface area contributed by atoms with Gasteiger partial charge < -0.3 is 10.1 Å². The number of hydrogen-bond acceptors (Lipinski definition) is 2. The topological polar surface area (TPSA) is 21.3 Å². The maximum atomic E-state index is 12.1. The van der Waals surface area contributed by atoms with Gasteiger partial charge in [-0.15, -0.1) is 0 Å². The second-order valence-corrected chi connectivity index (χ2v) is 5.45. The quantitative estimate of drug-likeness (QED) is 0.846. The van der Waals surface area contributed by atoms with Crippen LogP contribution in [0.1, 0.15) is 24.8 Å². The molecule has 0 unspecified atom stereocenters. The first-order chi connectivity index (χ1) is 8.96. The van der Waals surface area contributed by atoms with Crippen LogP contribution in [0.4, 0.5) is 13.2 Å². The molecule has 1 N–H and O–H groups in total. The monoisotopic (exact) mass is 337 g/mol. The maximum Gasteiger partial charge on any atom is 0.392 e. The van der Waals surface area contributed by atoms with Crippen LogP contribution in [0.2, 0.25) is 0 Å². The summed E-state index contributed by atoms with van der Waals surface area (Å²) in [5.41, 5.74) is 0.878. The highest BCUT2D eigenvalue weighted by Crippen LogP contribution is 2.31. The largest absolute Gasteiger partial charge is 0.492 e. The summed E-state index contributed by atoms with van der Waals surface area (Å²) >= 11 is 3.32. The van der Waals surface area contributed by atoms with Crippen molar-refractivity contribution in [1.29, 1.82) is 0 Å². The number of rotatable bonds is 6. The van der Waals surface area contributed by atoms with Crippen LogP contribution in [0.3, 0.4) is 0 Å². The van der Waals surface area contributed by atoms with Gasteiger partial charge in [0.15, 0.2) is 0 Å². The Balaban J connectivity index is 1.95. The molecule has 2 rings (SSSR count). The van der Waals surface area contributed by atoms with Crippen molar-refractivity contribution >= 4 is 15.9 Å². The van der Waals surface area contributed by atoms with E-state index in [0.29, 0.717) is 22.8 Å². The van der Waals surface area contributed by atoms with Crippen molar-refractivity contribution < 1.29 is 17.9 Å². The van der Waals surface area contributed by atoms with E-state index in [-0.39, 0.29) is 6.61 Å². The van der Waals surface area contributed by atoms with Crippen molar-refractivity contribution in [1.82, 2.24) is 5.32 Å². The Kier molecular flexibility index (Phi) is 4.73. The zero-order valence-corrected chi connectivity index (χ0v) is 11.9. The smallest absolute Gasteiger partial charge is 0.392 e. The molecule has 1 aromatic carbocycles. The first-order valence-corrected chi connectivity index (χ1v) is 6.95. The van der Waals surface area contributed by atoms with E-state index in [1.165, 1.54) is 0 Å². The van der Waals surface area contributed by atoms with Gasteiger partial charge in [0.2, 0.25) is 0 Å². The van der Waals surface area contributed by atoms with Gasteiger partial charge in [0.1, 0.15) is 5.75 Å². The summed E-state index contributed by atoms with van der Waals surface area (Å²) in [6.07, 6.45) is -2.80. The minimum Gasteiger partial charge on any atom is -0.492 e. The Labute approximate surface area is 118 Å². The molecule has 6 heteroatoms. The van der Waals surface area contributed by atoms with Gasteiger partial charge >= 0.3 is 6.18 Å². The average molecular weight is 338 g/mol. The van der Waals surface area contributed by atoms with Gasteiger partial charge in [-0.25, -0.2) is 0 Å². The van der Waals surface area contributed by atoms with Crippen molar-refractivity contribution in [2.75, 3.05) is 6.61 Å². The standard InChI is InChI=1S/C13H15BrF3NO/c14-11-3-1-2-9(8-18-10-4-5-10)12(11)19-7-6-13(15,16)17/h1-3,10,18H,4-8H2. The van der Waals surface area contributed by atoms with E-state index in [1.807, 2.05) is 12.1 Å². The van der Waals surface area contributed by atoms with E-state index >= 15 is 0 Å². The van der Waals surface area contributed by atoms with Gasteiger partial charge in [0, 0.05) is 18.2 Å². The molecule has 106 valence electrons. The fourth-order valence-electron chi connectivity index (χ4n) is 1.66. The first kappa shape index (κ1) is 14.7. The Morgan fingerprint density at radius 2 is 2.05 bits per heavy atom. The van der Waals surface area contributed by atoms with Gasteiger partial charge in [-0.05, 0) is 34.8 Å². The number of halogens is 4. The molecule has 0 amide bonds. The lowest BCUT2D eigenvalue weighted by Crippen LogP contribution is -2.17. The number of nitrogens with one attached hydrogen (secondary N) is 1. The predicted molar refractivity (Wildman–Crippen MR) is 70.2 cm³/mol. The summed E-state index contributed by atoms with van der Waals surface area (Å²) in [5.74, 6) is 0.500. The maximum absolute atomic E-state index is 12.1. The van der Waals surface area contributed by atoms with Crippen molar-refractivity contribution in [3.63, 3.8) is 0 Å². The molecule has 0 aliphatic heterocycles. The highest BCUT2D eigenvalue weighted by molar-refractivity contribution is 9.10. The first-order valence-electron chi connectivity index (χ1n) is 6.16. The van der Waals surface area contributed by atoms with E-state index in [2.05, 4.69) is 21.2 Å². The minimum absolute atomic E-state index is 0.359. The van der Waals surface area contributed by atoms with E-state index in [4.69, 9.17) is 4.74 Å². The fraction of sp³-hybridized carbons (Fsp3) is 0.538. The summed E-state index contributed by atoms with van der Waals surface area (Å²) in [5, 5.41) is 3.32. The number of alkyl halides is 3. The minimum atomic E-state index is -4.19. The molecule has 1 aromatic rings. The van der Waals surface area contributed by atoms with Gasteiger partial charge in [0.05, 0.1) is 17.5 Å². The molecule has 0 saturated heterocycles. The van der Waals surface area contributed by atoms with E-state index in [1.54, 1.807) is 6.07 Å². The lowest BCUT2D eigenvalue weighted by Gasteiger charge is -2.14. The molecule has 0 radical (unpaired) electrons. The molecule has 1 fully saturated rings. The van der Waals surface area contributed by atoms with Crippen LogP contribution in [0.15, 0.2) is 22.7 Å². The molecule has 0 atom stereocenters. The molecule has 1 aliphatic rings. The number of benzene rings is 1. The molecule has 0 heterocycles. The van der Waals surface area contributed by atoms with Crippen LogP contribution in [-0.2, 0) is 6.54 Å². The van der Waals surface area contributed by atoms with Crippen LogP contribution < -0.4 is 10.1 Å². The highest BCUT2D eigenvalue weighted by atomic mass is 79.9. The molecular weight excluding hydrogens is 323 g/mol. The third-order valence-electron chi connectivity index (χ3n) is 2.84. The third kappa shape index (κ3) is 5.03. The summed E-state index contributed by atoms with van der Waals surface area (Å²) in [4.78, 5) is 0. The van der Waals surface area contributed by atoms with Crippen LogP contribution in [-0.4, -0.2) is 18.8 Å². The Bertz CT molecular complexity index is 432. The zero-order valence-electron chi connectivity index (χ0n) is 10.3. The molecule has 0 spiro atoms. The van der Waals surface area contributed by atoms with Gasteiger partial charge in [0.25, 0.3) is 0 Å². The van der Waals surface area contributed by atoms with Crippen molar-refractivity contribution in [3.05, 3.63) is 28.2 Å².